The molecule has 0 aliphatic heterocycles. The number of hydrogen-bond acceptors (Lipinski definition) is 1. The molecule has 0 saturated carbocycles. The summed E-state index contributed by atoms with van der Waals surface area (Å²) in [6.45, 7) is 4.03. The molecule has 1 aromatic rings. The topological polar surface area (TPSA) is 34.4 Å². The van der Waals surface area contributed by atoms with E-state index in [0.29, 0.717) is 0 Å². The van der Waals surface area contributed by atoms with Gasteiger partial charge in [-0.15, -0.1) is 0 Å². The molecule has 1 heterocycles. The summed E-state index contributed by atoms with van der Waals surface area (Å²) >= 11 is 0. The van der Waals surface area contributed by atoms with Gasteiger partial charge in [-0.3, -0.25) is 4.68 Å². The lowest BCUT2D eigenvalue weighted by Gasteiger charge is -1.91. The van der Waals surface area contributed by atoms with Gasteiger partial charge in [-0.2, -0.15) is 5.10 Å². The maximum absolute atomic E-state index is 4.30. The van der Waals surface area contributed by atoms with Gasteiger partial charge in [-0.05, 0) is 13.0 Å². The molecule has 0 aliphatic carbocycles. The lowest BCUT2D eigenvalue weighted by atomic mass is 10.4. The lowest BCUT2D eigenvalue weighted by molar-refractivity contribution is -0.643. The Bertz CT molecular complexity index is 192. The van der Waals surface area contributed by atoms with Crippen molar-refractivity contribution in [2.24, 2.45) is 0 Å². The molecule has 3 heteroatoms. The zero-order valence-corrected chi connectivity index (χ0v) is 6.54. The van der Waals surface area contributed by atoms with Gasteiger partial charge >= 0.3 is 0 Å². The monoisotopic (exact) mass is 140 g/mol. The zero-order valence-electron chi connectivity index (χ0n) is 6.54. The van der Waals surface area contributed by atoms with Gasteiger partial charge in [0.15, 0.2) is 0 Å². The number of aromatic nitrogens is 2. The molecular weight excluding hydrogens is 126 g/mol. The van der Waals surface area contributed by atoms with Crippen molar-refractivity contribution in [1.29, 1.82) is 0 Å². The maximum atomic E-state index is 4.30. The quantitative estimate of drug-likeness (QED) is 0.609. The average Bonchev–Trinajstić information content (AvgIpc) is 2.37. The molecule has 56 valence electrons. The Morgan fingerprint density at radius 3 is 3.00 bits per heavy atom. The first-order chi connectivity index (χ1) is 4.86. The second-order valence-corrected chi connectivity index (χ2v) is 2.28. The van der Waals surface area contributed by atoms with Crippen LogP contribution >= 0.6 is 0 Å². The first-order valence-electron chi connectivity index (χ1n) is 3.67. The molecule has 0 radical (unpaired) electrons. The second-order valence-electron chi connectivity index (χ2n) is 2.28. The summed E-state index contributed by atoms with van der Waals surface area (Å²) in [6.07, 6.45) is 2.01. The predicted octanol–water partition coefficient (Wildman–Crippen LogP) is -0.404. The average molecular weight is 140 g/mol. The third-order valence-electron chi connectivity index (χ3n) is 1.43. The Labute approximate surface area is 61.0 Å². The minimum absolute atomic E-state index is 0.962. The van der Waals surface area contributed by atoms with E-state index >= 15 is 0 Å². The van der Waals surface area contributed by atoms with E-state index in [0.717, 1.165) is 18.8 Å². The molecule has 3 nitrogen and oxygen atoms in total. The van der Waals surface area contributed by atoms with Crippen LogP contribution in [0.25, 0.3) is 0 Å². The van der Waals surface area contributed by atoms with E-state index < -0.39 is 0 Å². The highest BCUT2D eigenvalue weighted by Gasteiger charge is 1.95. The Hall–Kier alpha value is -0.830. The van der Waals surface area contributed by atoms with Crippen molar-refractivity contribution in [3.63, 3.8) is 0 Å². The number of nitrogens with zero attached hydrogens (tertiary/aromatic N) is 2. The van der Waals surface area contributed by atoms with Crippen LogP contribution < -0.4 is 5.32 Å². The molecule has 1 aromatic heterocycles. The van der Waals surface area contributed by atoms with E-state index in [1.165, 1.54) is 0 Å². The molecule has 0 fully saturated rings. The number of aryl methyl sites for hydroxylation is 1. The number of nitrogens with two attached hydrogens (primary N) is 1. The fourth-order valence-corrected chi connectivity index (χ4v) is 0.898. The minimum atomic E-state index is 0.962. The van der Waals surface area contributed by atoms with E-state index in [9.17, 15) is 0 Å². The first kappa shape index (κ1) is 7.28. The smallest absolute Gasteiger partial charge is 0.120 e. The Kier molecular flexibility index (Phi) is 2.45. The fraction of sp³-hybridized carbons (Fsp3) is 0.571. The summed E-state index contributed by atoms with van der Waals surface area (Å²) in [5.74, 6) is 0. The largest absolute Gasteiger partial charge is 0.344 e. The Balaban J connectivity index is 2.59. The van der Waals surface area contributed by atoms with Gasteiger partial charge in [-0.1, -0.05) is 0 Å². The Morgan fingerprint density at radius 2 is 2.50 bits per heavy atom. The van der Waals surface area contributed by atoms with E-state index in [-0.39, 0.29) is 0 Å². The van der Waals surface area contributed by atoms with Gasteiger partial charge in [0.25, 0.3) is 0 Å². The predicted molar refractivity (Wildman–Crippen MR) is 39.5 cm³/mol. The van der Waals surface area contributed by atoms with Gasteiger partial charge in [0, 0.05) is 12.7 Å². The summed E-state index contributed by atoms with van der Waals surface area (Å²) in [5, 5.41) is 6.42. The molecule has 2 N–H and O–H groups in total. The first-order valence-corrected chi connectivity index (χ1v) is 3.67. The molecule has 0 amide bonds. The van der Waals surface area contributed by atoms with Crippen molar-refractivity contribution in [3.8, 4) is 0 Å². The van der Waals surface area contributed by atoms with Crippen LogP contribution in [-0.2, 0) is 13.1 Å². The van der Waals surface area contributed by atoms with Crippen molar-refractivity contribution < 1.29 is 5.32 Å². The highest BCUT2D eigenvalue weighted by Crippen LogP contribution is 1.91. The van der Waals surface area contributed by atoms with Crippen molar-refractivity contribution in [2.75, 3.05) is 7.05 Å². The highest BCUT2D eigenvalue weighted by atomic mass is 15.3. The van der Waals surface area contributed by atoms with E-state index in [2.05, 4.69) is 23.4 Å². The molecule has 0 saturated heterocycles. The van der Waals surface area contributed by atoms with Crippen LogP contribution in [-0.4, -0.2) is 16.8 Å². The van der Waals surface area contributed by atoms with Crippen molar-refractivity contribution >= 4 is 0 Å². The normalized spacial score (nSPS) is 10.2. The number of rotatable bonds is 3. The molecular formula is C7H14N3+. The van der Waals surface area contributed by atoms with Gasteiger partial charge < -0.3 is 5.32 Å². The fourth-order valence-electron chi connectivity index (χ4n) is 0.898. The van der Waals surface area contributed by atoms with Crippen LogP contribution in [0.3, 0.4) is 0 Å². The van der Waals surface area contributed by atoms with Crippen molar-refractivity contribution in [1.82, 2.24) is 9.78 Å². The summed E-state index contributed by atoms with van der Waals surface area (Å²) in [7, 11) is 2.05. The van der Waals surface area contributed by atoms with E-state index in [4.69, 9.17) is 0 Å². The van der Waals surface area contributed by atoms with Gasteiger partial charge in [0.1, 0.15) is 12.2 Å². The van der Waals surface area contributed by atoms with E-state index in [1.54, 1.807) is 0 Å². The lowest BCUT2D eigenvalue weighted by Crippen LogP contribution is -2.77. The van der Waals surface area contributed by atoms with Crippen molar-refractivity contribution in [2.45, 2.75) is 20.0 Å². The standard InChI is InChI=1S/C7H13N3/c1-3-10-5-4-7(9-10)6-8-2/h4-5,8H,3,6H2,1-2H3/p+1. The minimum Gasteiger partial charge on any atom is -0.344 e. The van der Waals surface area contributed by atoms with Gasteiger partial charge in [0.05, 0.1) is 7.05 Å². The zero-order chi connectivity index (χ0) is 7.40. The van der Waals surface area contributed by atoms with E-state index in [1.807, 2.05) is 17.9 Å². The van der Waals surface area contributed by atoms with Crippen LogP contribution in [0, 0.1) is 0 Å². The number of quaternary nitrogens is 1. The molecule has 1 rings (SSSR count). The van der Waals surface area contributed by atoms with Crippen LogP contribution in [0.1, 0.15) is 12.6 Å². The van der Waals surface area contributed by atoms with Gasteiger partial charge in [-0.25, -0.2) is 0 Å². The molecule has 0 aliphatic rings. The summed E-state index contributed by atoms with van der Waals surface area (Å²) in [5.41, 5.74) is 1.16. The number of hydrogen-bond donors (Lipinski definition) is 1. The molecule has 0 spiro atoms. The van der Waals surface area contributed by atoms with Gasteiger partial charge in [0.2, 0.25) is 0 Å². The molecule has 0 unspecified atom stereocenters. The summed E-state index contributed by atoms with van der Waals surface area (Å²) in [6, 6.07) is 2.06. The SMILES string of the molecule is CCn1ccc(C[NH2+]C)n1. The summed E-state index contributed by atoms with van der Waals surface area (Å²) in [4.78, 5) is 0. The summed E-state index contributed by atoms with van der Waals surface area (Å²) < 4.78 is 1.94. The third-order valence-corrected chi connectivity index (χ3v) is 1.43. The van der Waals surface area contributed by atoms with Crippen molar-refractivity contribution in [3.05, 3.63) is 18.0 Å². The maximum Gasteiger partial charge on any atom is 0.120 e. The molecule has 10 heavy (non-hydrogen) atoms. The highest BCUT2D eigenvalue weighted by molar-refractivity contribution is 4.96. The van der Waals surface area contributed by atoms with Crippen LogP contribution in [0.5, 0.6) is 0 Å². The second kappa shape index (κ2) is 3.37. The molecule has 0 bridgehead atoms. The third kappa shape index (κ3) is 1.57. The molecule has 0 aromatic carbocycles. The van der Waals surface area contributed by atoms with Crippen LogP contribution in [0.15, 0.2) is 12.3 Å². The Morgan fingerprint density at radius 1 is 1.70 bits per heavy atom. The van der Waals surface area contributed by atoms with Crippen LogP contribution in [0.4, 0.5) is 0 Å². The molecule has 0 atom stereocenters. The van der Waals surface area contributed by atoms with Crippen LogP contribution in [0.2, 0.25) is 0 Å².